The Labute approximate surface area is 179 Å². The van der Waals surface area contributed by atoms with Gasteiger partial charge in [-0.3, -0.25) is 9.79 Å². The number of carbonyl (C=O) groups is 1. The molecule has 0 saturated carbocycles. The molecular formula is C22H27F3N4O2. The lowest BCUT2D eigenvalue weighted by molar-refractivity contribution is -0.190. The van der Waals surface area contributed by atoms with Crippen LogP contribution in [-0.2, 0) is 4.79 Å². The molecule has 2 aliphatic heterocycles. The van der Waals surface area contributed by atoms with Crippen LogP contribution in [0, 0.1) is 18.8 Å². The number of piperidine rings is 1. The topological polar surface area (TPSA) is 78.7 Å². The van der Waals surface area contributed by atoms with Crippen molar-refractivity contribution in [1.82, 2.24) is 9.97 Å². The molecule has 0 unspecified atom stereocenters. The number of hydrogen-bond donors (Lipinski definition) is 1. The molecule has 1 aromatic rings. The van der Waals surface area contributed by atoms with E-state index >= 15 is 0 Å². The predicted molar refractivity (Wildman–Crippen MR) is 110 cm³/mol. The van der Waals surface area contributed by atoms with Gasteiger partial charge >= 0.3 is 6.18 Å². The van der Waals surface area contributed by atoms with Gasteiger partial charge in [0.05, 0.1) is 6.54 Å². The molecule has 0 amide bonds. The maximum absolute atomic E-state index is 13.7. The predicted octanol–water partition coefficient (Wildman–Crippen LogP) is 3.39. The van der Waals surface area contributed by atoms with Crippen molar-refractivity contribution in [2.45, 2.75) is 58.2 Å². The fourth-order valence-electron chi connectivity index (χ4n) is 4.79. The van der Waals surface area contributed by atoms with Gasteiger partial charge in [-0.1, -0.05) is 13.8 Å². The summed E-state index contributed by atoms with van der Waals surface area (Å²) < 4.78 is 41.2. The maximum Gasteiger partial charge on any atom is 0.398 e. The third-order valence-electron chi connectivity index (χ3n) is 6.37. The SMILES string of the molecule is Cc1cc(N2CCC(C3=NCC4=C3[C@@H](C(F)(F)F)[C@@H](O)C(=O)C4)CC2)nc(C(C)C)n1. The van der Waals surface area contributed by atoms with Crippen LogP contribution in [0.4, 0.5) is 19.0 Å². The first-order chi connectivity index (χ1) is 14.6. The zero-order valence-corrected chi connectivity index (χ0v) is 17.9. The van der Waals surface area contributed by atoms with Gasteiger partial charge in [-0.05, 0) is 30.9 Å². The second-order valence-corrected chi connectivity index (χ2v) is 8.97. The van der Waals surface area contributed by atoms with Crippen LogP contribution in [0.1, 0.15) is 50.5 Å². The monoisotopic (exact) mass is 436 g/mol. The van der Waals surface area contributed by atoms with E-state index in [1.165, 1.54) is 0 Å². The molecule has 9 heteroatoms. The van der Waals surface area contributed by atoms with Crippen LogP contribution in [0.25, 0.3) is 0 Å². The lowest BCUT2D eigenvalue weighted by atomic mass is 9.74. The molecule has 4 rings (SSSR count). The summed E-state index contributed by atoms with van der Waals surface area (Å²) in [6, 6.07) is 1.93. The Hall–Kier alpha value is -2.29. The number of anilines is 1. The van der Waals surface area contributed by atoms with Crippen LogP contribution in [0.2, 0.25) is 0 Å². The number of carbonyl (C=O) groups excluding carboxylic acids is 1. The summed E-state index contributed by atoms with van der Waals surface area (Å²) in [5.41, 5.74) is 1.81. The van der Waals surface area contributed by atoms with E-state index in [1.54, 1.807) is 0 Å². The van der Waals surface area contributed by atoms with E-state index in [2.05, 4.69) is 19.9 Å². The number of halogens is 3. The maximum atomic E-state index is 13.7. The van der Waals surface area contributed by atoms with E-state index in [0.29, 0.717) is 37.2 Å². The molecule has 0 bridgehead atoms. The molecule has 31 heavy (non-hydrogen) atoms. The number of Topliss-reactive ketones (excluding diaryl/α,β-unsaturated/α-hetero) is 1. The summed E-state index contributed by atoms with van der Waals surface area (Å²) >= 11 is 0. The number of aliphatic hydroxyl groups excluding tert-OH is 1. The van der Waals surface area contributed by atoms with Crippen molar-refractivity contribution in [1.29, 1.82) is 0 Å². The van der Waals surface area contributed by atoms with E-state index in [9.17, 15) is 23.1 Å². The van der Waals surface area contributed by atoms with E-state index in [1.807, 2.05) is 26.8 Å². The van der Waals surface area contributed by atoms with Crippen molar-refractivity contribution < 1.29 is 23.1 Å². The molecule has 1 saturated heterocycles. The highest BCUT2D eigenvalue weighted by Gasteiger charge is 2.54. The largest absolute Gasteiger partial charge is 0.398 e. The molecule has 3 aliphatic rings. The Morgan fingerprint density at radius 3 is 2.48 bits per heavy atom. The first kappa shape index (κ1) is 21.9. The van der Waals surface area contributed by atoms with Crippen LogP contribution in [-0.4, -0.2) is 58.5 Å². The quantitative estimate of drug-likeness (QED) is 0.786. The van der Waals surface area contributed by atoms with Crippen molar-refractivity contribution in [3.8, 4) is 0 Å². The molecule has 6 nitrogen and oxygen atoms in total. The molecule has 1 aromatic heterocycles. The van der Waals surface area contributed by atoms with Crippen LogP contribution in [0.3, 0.4) is 0 Å². The molecular weight excluding hydrogens is 409 g/mol. The minimum Gasteiger partial charge on any atom is -0.384 e. The Kier molecular flexibility index (Phi) is 5.66. The second kappa shape index (κ2) is 8.00. The number of rotatable bonds is 3. The Morgan fingerprint density at radius 1 is 1.19 bits per heavy atom. The van der Waals surface area contributed by atoms with Gasteiger partial charge in [0, 0.05) is 48.8 Å². The third kappa shape index (κ3) is 4.12. The molecule has 1 N–H and O–H groups in total. The van der Waals surface area contributed by atoms with Gasteiger partial charge in [-0.15, -0.1) is 0 Å². The lowest BCUT2D eigenvalue weighted by Crippen LogP contribution is -2.46. The highest BCUT2D eigenvalue weighted by molar-refractivity contribution is 6.08. The highest BCUT2D eigenvalue weighted by atomic mass is 19.4. The van der Waals surface area contributed by atoms with E-state index < -0.39 is 24.0 Å². The van der Waals surface area contributed by atoms with E-state index in [4.69, 9.17) is 0 Å². The van der Waals surface area contributed by atoms with Gasteiger partial charge in [-0.2, -0.15) is 13.2 Å². The van der Waals surface area contributed by atoms with Gasteiger partial charge < -0.3 is 10.0 Å². The third-order valence-corrected chi connectivity index (χ3v) is 6.37. The van der Waals surface area contributed by atoms with Crippen molar-refractivity contribution >= 4 is 17.3 Å². The standard InChI is InChI=1S/C22H27F3N4O2/c1-11(2)21-27-12(3)8-16(28-21)29-6-4-13(5-7-29)19-17-14(10-26-19)9-15(30)20(31)18(17)22(23,24)25/h8,11,13,18,20,31H,4-7,9-10H2,1-3H3/t18-,20+/m1/s1. The normalized spacial score (nSPS) is 25.4. The van der Waals surface area contributed by atoms with Gasteiger partial charge in [0.15, 0.2) is 5.78 Å². The van der Waals surface area contributed by atoms with E-state index in [0.717, 1.165) is 17.3 Å². The minimum atomic E-state index is -4.69. The van der Waals surface area contributed by atoms with Crippen molar-refractivity contribution in [3.63, 3.8) is 0 Å². The number of aromatic nitrogens is 2. The first-order valence-electron chi connectivity index (χ1n) is 10.7. The average Bonchev–Trinajstić information content (AvgIpc) is 3.10. The first-order valence-corrected chi connectivity index (χ1v) is 10.7. The molecule has 168 valence electrons. The van der Waals surface area contributed by atoms with Crippen LogP contribution < -0.4 is 4.90 Å². The number of aryl methyl sites for hydroxylation is 1. The number of nitrogens with zero attached hydrogens (tertiary/aromatic N) is 4. The zero-order chi connectivity index (χ0) is 22.5. The Morgan fingerprint density at radius 2 is 1.87 bits per heavy atom. The number of alkyl halides is 3. The van der Waals surface area contributed by atoms with Crippen molar-refractivity contribution in [2.24, 2.45) is 16.8 Å². The van der Waals surface area contributed by atoms with Crippen LogP contribution >= 0.6 is 0 Å². The van der Waals surface area contributed by atoms with Crippen LogP contribution in [0.15, 0.2) is 22.2 Å². The Bertz CT molecular complexity index is 947. The molecule has 0 radical (unpaired) electrons. The molecule has 3 heterocycles. The fraction of sp³-hybridized carbons (Fsp3) is 0.636. The van der Waals surface area contributed by atoms with Gasteiger partial charge in [0.25, 0.3) is 0 Å². The summed E-state index contributed by atoms with van der Waals surface area (Å²) in [5.74, 6) is -1.24. The summed E-state index contributed by atoms with van der Waals surface area (Å²) in [7, 11) is 0. The van der Waals surface area contributed by atoms with Gasteiger partial charge in [0.2, 0.25) is 0 Å². The minimum absolute atomic E-state index is 0.0676. The molecule has 2 atom stereocenters. The summed E-state index contributed by atoms with van der Waals surface area (Å²) in [6.45, 7) is 7.43. The number of aliphatic imine (C=N–C) groups is 1. The number of hydrogen-bond acceptors (Lipinski definition) is 6. The summed E-state index contributed by atoms with van der Waals surface area (Å²) in [5, 5.41) is 10.0. The number of aliphatic hydroxyl groups is 1. The second-order valence-electron chi connectivity index (χ2n) is 8.97. The molecule has 1 fully saturated rings. The summed E-state index contributed by atoms with van der Waals surface area (Å²) in [4.78, 5) is 27.6. The van der Waals surface area contributed by atoms with Gasteiger partial charge in [0.1, 0.15) is 23.7 Å². The number of ketones is 1. The fourth-order valence-corrected chi connectivity index (χ4v) is 4.79. The van der Waals surface area contributed by atoms with E-state index in [-0.39, 0.29) is 30.4 Å². The van der Waals surface area contributed by atoms with Gasteiger partial charge in [-0.25, -0.2) is 9.97 Å². The molecule has 0 spiro atoms. The lowest BCUT2D eigenvalue weighted by Gasteiger charge is -2.36. The smallest absolute Gasteiger partial charge is 0.384 e. The van der Waals surface area contributed by atoms with Crippen molar-refractivity contribution in [2.75, 3.05) is 24.5 Å². The van der Waals surface area contributed by atoms with Crippen LogP contribution in [0.5, 0.6) is 0 Å². The summed E-state index contributed by atoms with van der Waals surface area (Å²) in [6.07, 6.45) is -5.59. The highest BCUT2D eigenvalue weighted by Crippen LogP contribution is 2.45. The molecule has 0 aromatic carbocycles. The average molecular weight is 436 g/mol. The Balaban J connectivity index is 1.53. The van der Waals surface area contributed by atoms with Crippen molar-refractivity contribution in [3.05, 3.63) is 28.7 Å². The molecule has 1 aliphatic carbocycles. The zero-order valence-electron chi connectivity index (χ0n) is 17.9.